The molecule has 1 aromatic rings. The number of hydrogen-bond donors (Lipinski definition) is 0. The van der Waals surface area contributed by atoms with Crippen molar-refractivity contribution >= 4 is 22.0 Å². The van der Waals surface area contributed by atoms with Gasteiger partial charge in [-0.05, 0) is 23.8 Å². The number of hydrogen-bond acceptors (Lipinski definition) is 5. The normalized spacial score (nSPS) is 16.1. The molecule has 128 valence electrons. The highest BCUT2D eigenvalue weighted by Crippen LogP contribution is 2.13. The van der Waals surface area contributed by atoms with Gasteiger partial charge in [0.2, 0.25) is 15.9 Å². The van der Waals surface area contributed by atoms with Gasteiger partial charge in [-0.25, -0.2) is 8.42 Å². The van der Waals surface area contributed by atoms with Crippen molar-refractivity contribution in [1.82, 2.24) is 9.21 Å². The molecule has 0 N–H and O–H groups in total. The summed E-state index contributed by atoms with van der Waals surface area (Å²) in [5.41, 5.74) is 0.836. The first-order valence-electron chi connectivity index (χ1n) is 7.42. The van der Waals surface area contributed by atoms with E-state index in [2.05, 4.69) is 0 Å². The Morgan fingerprint density at radius 1 is 1.25 bits per heavy atom. The lowest BCUT2D eigenvalue weighted by atomic mass is 10.2. The molecule has 1 heterocycles. The van der Waals surface area contributed by atoms with Gasteiger partial charge >= 0.3 is 0 Å². The summed E-state index contributed by atoms with van der Waals surface area (Å²) in [6, 6.07) is 8.93. The summed E-state index contributed by atoms with van der Waals surface area (Å²) in [6.07, 6.45) is 4.34. The molecule has 1 saturated heterocycles. The fourth-order valence-corrected chi connectivity index (χ4v) is 3.13. The molecule has 1 fully saturated rings. The lowest BCUT2D eigenvalue weighted by Crippen LogP contribution is -2.49. The summed E-state index contributed by atoms with van der Waals surface area (Å²) in [5.74, 6) is 0.449. The molecule has 1 amide bonds. The van der Waals surface area contributed by atoms with Gasteiger partial charge in [-0.15, -0.1) is 0 Å². The summed E-state index contributed by atoms with van der Waals surface area (Å²) in [5, 5.41) is 8.45. The molecule has 8 heteroatoms. The molecular weight excluding hydrogens is 330 g/mol. The molecule has 1 aliphatic heterocycles. The van der Waals surface area contributed by atoms with Crippen LogP contribution in [0.3, 0.4) is 0 Å². The Bertz CT molecular complexity index is 743. The van der Waals surface area contributed by atoms with E-state index >= 15 is 0 Å². The van der Waals surface area contributed by atoms with E-state index in [4.69, 9.17) is 10.00 Å². The van der Waals surface area contributed by atoms with E-state index in [0.717, 1.165) is 5.56 Å². The van der Waals surface area contributed by atoms with E-state index in [1.807, 2.05) is 6.07 Å². The SMILES string of the molecule is CS(=O)(=O)N1CCN(C(=O)C=Cc2ccc(OCC#N)cc2)CC1. The van der Waals surface area contributed by atoms with Crippen molar-refractivity contribution in [2.75, 3.05) is 39.0 Å². The molecule has 0 spiro atoms. The Hall–Kier alpha value is -2.37. The molecule has 0 saturated carbocycles. The minimum absolute atomic E-state index is 0.00682. The lowest BCUT2D eigenvalue weighted by molar-refractivity contribution is -0.127. The second-order valence-corrected chi connectivity index (χ2v) is 7.32. The molecule has 0 radical (unpaired) electrons. The summed E-state index contributed by atoms with van der Waals surface area (Å²) in [6.45, 7) is 1.41. The number of carbonyl (C=O) groups is 1. The number of amides is 1. The average Bonchev–Trinajstić information content (AvgIpc) is 2.58. The van der Waals surface area contributed by atoms with Gasteiger partial charge in [0.15, 0.2) is 6.61 Å². The molecule has 7 nitrogen and oxygen atoms in total. The van der Waals surface area contributed by atoms with Gasteiger partial charge in [0.1, 0.15) is 11.8 Å². The van der Waals surface area contributed by atoms with Crippen molar-refractivity contribution in [3.8, 4) is 11.8 Å². The highest BCUT2D eigenvalue weighted by Gasteiger charge is 2.24. The van der Waals surface area contributed by atoms with Crippen LogP contribution >= 0.6 is 0 Å². The van der Waals surface area contributed by atoms with Gasteiger partial charge in [-0.1, -0.05) is 12.1 Å². The third kappa shape index (κ3) is 5.08. The molecule has 1 aliphatic rings. The molecule has 24 heavy (non-hydrogen) atoms. The van der Waals surface area contributed by atoms with Crippen LogP contribution in [0.4, 0.5) is 0 Å². The van der Waals surface area contributed by atoms with Crippen LogP contribution in [0.15, 0.2) is 30.3 Å². The van der Waals surface area contributed by atoms with Gasteiger partial charge in [0.05, 0.1) is 6.26 Å². The second kappa shape index (κ2) is 7.95. The number of sulfonamides is 1. The maximum absolute atomic E-state index is 12.1. The summed E-state index contributed by atoms with van der Waals surface area (Å²) in [4.78, 5) is 13.8. The van der Waals surface area contributed by atoms with Crippen LogP contribution in [0.5, 0.6) is 5.75 Å². The fraction of sp³-hybridized carbons (Fsp3) is 0.375. The molecular formula is C16H19N3O4S. The molecule has 0 bridgehead atoms. The maximum atomic E-state index is 12.1. The van der Waals surface area contributed by atoms with Crippen molar-refractivity contribution in [3.05, 3.63) is 35.9 Å². The number of carbonyl (C=O) groups excluding carboxylic acids is 1. The van der Waals surface area contributed by atoms with Crippen molar-refractivity contribution in [1.29, 1.82) is 5.26 Å². The summed E-state index contributed by atoms with van der Waals surface area (Å²) < 4.78 is 29.4. The number of benzene rings is 1. The summed E-state index contributed by atoms with van der Waals surface area (Å²) >= 11 is 0. The second-order valence-electron chi connectivity index (χ2n) is 5.34. The largest absolute Gasteiger partial charge is 0.479 e. The highest BCUT2D eigenvalue weighted by molar-refractivity contribution is 7.88. The van der Waals surface area contributed by atoms with Crippen molar-refractivity contribution < 1.29 is 17.9 Å². The van der Waals surface area contributed by atoms with Crippen molar-refractivity contribution in [2.45, 2.75) is 0 Å². The predicted octanol–water partition coefficient (Wildman–Crippen LogP) is 0.706. The standard InChI is InChI=1S/C16H19N3O4S/c1-24(21,22)19-11-9-18(10-12-19)16(20)7-4-14-2-5-15(6-3-14)23-13-8-17/h2-7H,9-13H2,1H3. The Balaban J connectivity index is 1.88. The van der Waals surface area contributed by atoms with E-state index in [9.17, 15) is 13.2 Å². The third-order valence-corrected chi connectivity index (χ3v) is 4.92. The van der Waals surface area contributed by atoms with Gasteiger partial charge in [-0.2, -0.15) is 9.57 Å². The first kappa shape index (κ1) is 18.0. The first-order chi connectivity index (χ1) is 11.4. The zero-order chi connectivity index (χ0) is 17.6. The molecule has 0 atom stereocenters. The average molecular weight is 349 g/mol. The molecule has 2 rings (SSSR count). The number of nitrogens with zero attached hydrogens (tertiary/aromatic N) is 3. The number of rotatable bonds is 5. The van der Waals surface area contributed by atoms with Crippen LogP contribution in [0.25, 0.3) is 6.08 Å². The van der Waals surface area contributed by atoms with E-state index in [0.29, 0.717) is 31.9 Å². The van der Waals surface area contributed by atoms with Gasteiger partial charge in [0, 0.05) is 32.3 Å². The molecule has 0 aliphatic carbocycles. The van der Waals surface area contributed by atoms with Crippen LogP contribution in [0, 0.1) is 11.3 Å². The Labute approximate surface area is 141 Å². The van der Waals surface area contributed by atoms with Crippen molar-refractivity contribution in [2.24, 2.45) is 0 Å². The zero-order valence-electron chi connectivity index (χ0n) is 13.4. The van der Waals surface area contributed by atoms with Gasteiger partial charge in [-0.3, -0.25) is 4.79 Å². The molecule has 0 unspecified atom stereocenters. The number of piperazine rings is 1. The van der Waals surface area contributed by atoms with Crippen LogP contribution in [-0.4, -0.2) is 62.6 Å². The quantitative estimate of drug-likeness (QED) is 0.730. The van der Waals surface area contributed by atoms with Crippen LogP contribution in [0.1, 0.15) is 5.56 Å². The topological polar surface area (TPSA) is 90.7 Å². The maximum Gasteiger partial charge on any atom is 0.246 e. The molecule has 1 aromatic carbocycles. The molecule has 0 aromatic heterocycles. The summed E-state index contributed by atoms with van der Waals surface area (Å²) in [7, 11) is -3.20. The lowest BCUT2D eigenvalue weighted by Gasteiger charge is -2.32. The van der Waals surface area contributed by atoms with Crippen molar-refractivity contribution in [3.63, 3.8) is 0 Å². The zero-order valence-corrected chi connectivity index (χ0v) is 14.2. The number of nitriles is 1. The number of ether oxygens (including phenoxy) is 1. The van der Waals surface area contributed by atoms with Crippen LogP contribution < -0.4 is 4.74 Å². The minimum Gasteiger partial charge on any atom is -0.479 e. The highest BCUT2D eigenvalue weighted by atomic mass is 32.2. The Kier molecular flexibility index (Phi) is 5.95. The first-order valence-corrected chi connectivity index (χ1v) is 9.27. The van der Waals surface area contributed by atoms with Gasteiger partial charge < -0.3 is 9.64 Å². The minimum atomic E-state index is -3.20. The van der Waals surface area contributed by atoms with E-state index < -0.39 is 10.0 Å². The van der Waals surface area contributed by atoms with E-state index in [1.54, 1.807) is 35.2 Å². The van der Waals surface area contributed by atoms with Gasteiger partial charge in [0.25, 0.3) is 0 Å². The van der Waals surface area contributed by atoms with Crippen LogP contribution in [-0.2, 0) is 14.8 Å². The Morgan fingerprint density at radius 2 is 1.88 bits per heavy atom. The monoisotopic (exact) mass is 349 g/mol. The van der Waals surface area contributed by atoms with E-state index in [-0.39, 0.29) is 12.5 Å². The smallest absolute Gasteiger partial charge is 0.246 e. The Morgan fingerprint density at radius 3 is 2.42 bits per heavy atom. The fourth-order valence-electron chi connectivity index (χ4n) is 2.30. The van der Waals surface area contributed by atoms with E-state index in [1.165, 1.54) is 16.6 Å². The predicted molar refractivity (Wildman–Crippen MR) is 89.6 cm³/mol. The third-order valence-electron chi connectivity index (χ3n) is 3.62. The van der Waals surface area contributed by atoms with Crippen LogP contribution in [0.2, 0.25) is 0 Å².